The summed E-state index contributed by atoms with van der Waals surface area (Å²) in [5.74, 6) is 1.70. The van der Waals surface area contributed by atoms with Gasteiger partial charge in [0.1, 0.15) is 23.2 Å². The average Bonchev–Trinajstić information content (AvgIpc) is 3.21. The maximum atomic E-state index is 12.5. The third kappa shape index (κ3) is 3.45. The second-order valence-electron chi connectivity index (χ2n) is 6.33. The number of carbonyl (C=O) groups is 1. The number of para-hydroxylation sites is 1. The largest absolute Gasteiger partial charge is 0.489 e. The van der Waals surface area contributed by atoms with Crippen LogP contribution in [0.4, 0.5) is 10.5 Å². The van der Waals surface area contributed by atoms with Gasteiger partial charge < -0.3 is 19.4 Å². The van der Waals surface area contributed by atoms with Gasteiger partial charge in [0, 0.05) is 24.0 Å². The summed E-state index contributed by atoms with van der Waals surface area (Å²) in [6.07, 6.45) is 0.870. The van der Waals surface area contributed by atoms with Crippen molar-refractivity contribution < 1.29 is 13.9 Å². The summed E-state index contributed by atoms with van der Waals surface area (Å²) in [5, 5.41) is 3.95. The number of furan rings is 1. The molecule has 0 unspecified atom stereocenters. The first kappa shape index (κ1) is 15.6. The molecule has 1 aliphatic heterocycles. The van der Waals surface area contributed by atoms with Crippen molar-refractivity contribution in [2.75, 3.05) is 18.4 Å². The van der Waals surface area contributed by atoms with Crippen LogP contribution in [0.25, 0.3) is 11.0 Å². The number of aryl methyl sites for hydroxylation is 1. The molecular weight excluding hydrogens is 316 g/mol. The van der Waals surface area contributed by atoms with E-state index in [4.69, 9.17) is 9.15 Å². The highest BCUT2D eigenvalue weighted by molar-refractivity contribution is 5.92. The molecule has 1 aliphatic rings. The van der Waals surface area contributed by atoms with Crippen molar-refractivity contribution in [1.82, 2.24) is 4.90 Å². The Bertz CT molecular complexity index is 888. The number of carbonyl (C=O) groups excluding carboxylic acids is 1. The molecule has 2 aromatic carbocycles. The highest BCUT2D eigenvalue weighted by atomic mass is 16.5. The quantitative estimate of drug-likeness (QED) is 0.770. The molecule has 1 fully saturated rings. The fraction of sp³-hybridized carbons (Fsp3) is 0.250. The highest BCUT2D eigenvalue weighted by Gasteiger charge is 2.27. The molecule has 2 amide bonds. The molecule has 1 aromatic heterocycles. The summed E-state index contributed by atoms with van der Waals surface area (Å²) in [4.78, 5) is 14.3. The van der Waals surface area contributed by atoms with Crippen molar-refractivity contribution in [3.8, 4) is 5.75 Å². The minimum absolute atomic E-state index is 0.0344. The van der Waals surface area contributed by atoms with Crippen LogP contribution in [0.2, 0.25) is 0 Å². The molecule has 5 heteroatoms. The molecule has 25 heavy (non-hydrogen) atoms. The third-order valence-corrected chi connectivity index (χ3v) is 4.37. The standard InChI is InChI=1S/C20H20N2O3/c1-14-11-15-12-16(7-8-19(15)24-14)21-20(23)22-10-9-18(13-22)25-17-5-3-2-4-6-17/h2-8,11-12,18H,9-10,13H2,1H3,(H,21,23)/t18-/m1/s1. The normalized spacial score (nSPS) is 17.0. The van der Waals surface area contributed by atoms with Gasteiger partial charge in [0.25, 0.3) is 0 Å². The Kier molecular flexibility index (Phi) is 4.06. The molecule has 4 rings (SSSR count). The second kappa shape index (κ2) is 6.51. The first-order valence-corrected chi connectivity index (χ1v) is 8.45. The van der Waals surface area contributed by atoms with E-state index in [1.165, 1.54) is 0 Å². The first-order valence-electron chi connectivity index (χ1n) is 8.45. The lowest BCUT2D eigenvalue weighted by molar-refractivity contribution is 0.195. The van der Waals surface area contributed by atoms with Crippen molar-refractivity contribution in [1.29, 1.82) is 0 Å². The molecule has 0 radical (unpaired) electrons. The number of fused-ring (bicyclic) bond motifs is 1. The lowest BCUT2D eigenvalue weighted by Crippen LogP contribution is -2.34. The number of rotatable bonds is 3. The number of hydrogen-bond acceptors (Lipinski definition) is 3. The third-order valence-electron chi connectivity index (χ3n) is 4.37. The Hall–Kier alpha value is -2.95. The zero-order chi connectivity index (χ0) is 17.2. The summed E-state index contributed by atoms with van der Waals surface area (Å²) in [5.41, 5.74) is 1.60. The van der Waals surface area contributed by atoms with Gasteiger partial charge in [0.2, 0.25) is 0 Å². The van der Waals surface area contributed by atoms with Crippen LogP contribution in [0.5, 0.6) is 5.75 Å². The summed E-state index contributed by atoms with van der Waals surface area (Å²) in [6.45, 7) is 3.19. The maximum absolute atomic E-state index is 12.5. The van der Waals surface area contributed by atoms with E-state index < -0.39 is 0 Å². The van der Waals surface area contributed by atoms with Gasteiger partial charge in [0.05, 0.1) is 6.54 Å². The summed E-state index contributed by atoms with van der Waals surface area (Å²) >= 11 is 0. The van der Waals surface area contributed by atoms with Gasteiger partial charge in [-0.2, -0.15) is 0 Å². The zero-order valence-electron chi connectivity index (χ0n) is 14.1. The van der Waals surface area contributed by atoms with Gasteiger partial charge in [-0.05, 0) is 43.3 Å². The maximum Gasteiger partial charge on any atom is 0.321 e. The molecule has 0 saturated carbocycles. The van der Waals surface area contributed by atoms with Gasteiger partial charge in [-0.1, -0.05) is 18.2 Å². The molecule has 1 N–H and O–H groups in total. The number of anilines is 1. The SMILES string of the molecule is Cc1cc2cc(NC(=O)N3CC[C@@H](Oc4ccccc4)C3)ccc2o1. The summed E-state index contributed by atoms with van der Waals surface area (Å²) in [6, 6.07) is 17.3. The zero-order valence-corrected chi connectivity index (χ0v) is 14.1. The van der Waals surface area contributed by atoms with Crippen LogP contribution >= 0.6 is 0 Å². The van der Waals surface area contributed by atoms with Crippen LogP contribution in [-0.4, -0.2) is 30.1 Å². The number of nitrogens with zero attached hydrogens (tertiary/aromatic N) is 1. The van der Waals surface area contributed by atoms with Gasteiger partial charge in [-0.25, -0.2) is 4.79 Å². The van der Waals surface area contributed by atoms with Gasteiger partial charge >= 0.3 is 6.03 Å². The van der Waals surface area contributed by atoms with E-state index in [-0.39, 0.29) is 12.1 Å². The average molecular weight is 336 g/mol. The lowest BCUT2D eigenvalue weighted by Gasteiger charge is -2.18. The van der Waals surface area contributed by atoms with Crippen molar-refractivity contribution in [3.63, 3.8) is 0 Å². The topological polar surface area (TPSA) is 54.7 Å². The van der Waals surface area contributed by atoms with E-state index in [1.54, 1.807) is 4.90 Å². The number of ether oxygens (including phenoxy) is 1. The van der Waals surface area contributed by atoms with Crippen molar-refractivity contribution in [2.24, 2.45) is 0 Å². The molecule has 0 aliphatic carbocycles. The summed E-state index contributed by atoms with van der Waals surface area (Å²) < 4.78 is 11.5. The van der Waals surface area contributed by atoms with Crippen molar-refractivity contribution in [2.45, 2.75) is 19.4 Å². The smallest absolute Gasteiger partial charge is 0.321 e. The van der Waals surface area contributed by atoms with Crippen molar-refractivity contribution >= 4 is 22.7 Å². The van der Waals surface area contributed by atoms with Crippen LogP contribution in [0, 0.1) is 6.92 Å². The van der Waals surface area contributed by atoms with Crippen LogP contribution in [-0.2, 0) is 0 Å². The molecule has 3 aromatic rings. The highest BCUT2D eigenvalue weighted by Crippen LogP contribution is 2.24. The Balaban J connectivity index is 1.37. The van der Waals surface area contributed by atoms with Crippen LogP contribution in [0.15, 0.2) is 59.0 Å². The minimum atomic E-state index is -0.0984. The predicted molar refractivity (Wildman–Crippen MR) is 97.0 cm³/mol. The second-order valence-corrected chi connectivity index (χ2v) is 6.33. The van der Waals surface area contributed by atoms with E-state index in [0.717, 1.165) is 34.6 Å². The molecule has 128 valence electrons. The van der Waals surface area contributed by atoms with Crippen LogP contribution in [0.1, 0.15) is 12.2 Å². The minimum Gasteiger partial charge on any atom is -0.489 e. The molecular formula is C20H20N2O3. The van der Waals surface area contributed by atoms with Crippen LogP contribution < -0.4 is 10.1 Å². The van der Waals surface area contributed by atoms with E-state index in [1.807, 2.05) is 61.5 Å². The number of amides is 2. The van der Waals surface area contributed by atoms with Crippen LogP contribution in [0.3, 0.4) is 0 Å². The molecule has 0 bridgehead atoms. The fourth-order valence-corrected chi connectivity index (χ4v) is 3.16. The van der Waals surface area contributed by atoms with E-state index >= 15 is 0 Å². The first-order chi connectivity index (χ1) is 12.2. The molecule has 0 spiro atoms. The fourth-order valence-electron chi connectivity index (χ4n) is 3.16. The molecule has 2 heterocycles. The number of benzene rings is 2. The Morgan fingerprint density at radius 3 is 2.88 bits per heavy atom. The number of hydrogen-bond donors (Lipinski definition) is 1. The Labute approximate surface area is 146 Å². The van der Waals surface area contributed by atoms with Gasteiger partial charge in [-0.15, -0.1) is 0 Å². The van der Waals surface area contributed by atoms with E-state index in [2.05, 4.69) is 5.32 Å². The van der Waals surface area contributed by atoms with Crippen molar-refractivity contribution in [3.05, 3.63) is 60.4 Å². The number of likely N-dealkylation sites (tertiary alicyclic amines) is 1. The van der Waals surface area contributed by atoms with Gasteiger partial charge in [-0.3, -0.25) is 0 Å². The summed E-state index contributed by atoms with van der Waals surface area (Å²) in [7, 11) is 0. The molecule has 5 nitrogen and oxygen atoms in total. The molecule has 1 saturated heterocycles. The Morgan fingerprint density at radius 2 is 2.04 bits per heavy atom. The Morgan fingerprint density at radius 1 is 1.20 bits per heavy atom. The van der Waals surface area contributed by atoms with E-state index in [0.29, 0.717) is 13.1 Å². The van der Waals surface area contributed by atoms with E-state index in [9.17, 15) is 4.79 Å². The molecule has 1 atom stereocenters. The number of nitrogens with one attached hydrogen (secondary N) is 1. The predicted octanol–water partition coefficient (Wildman–Crippen LogP) is 4.43. The number of urea groups is 1. The lowest BCUT2D eigenvalue weighted by atomic mass is 10.2. The monoisotopic (exact) mass is 336 g/mol. The van der Waals surface area contributed by atoms with Gasteiger partial charge in [0.15, 0.2) is 0 Å².